The summed E-state index contributed by atoms with van der Waals surface area (Å²) >= 11 is 6.48. The molecule has 162 valence electrons. The van der Waals surface area contributed by atoms with Gasteiger partial charge in [-0.1, -0.05) is 48.8 Å². The molecule has 1 unspecified atom stereocenters. The van der Waals surface area contributed by atoms with Gasteiger partial charge in [0.2, 0.25) is 5.89 Å². The molecule has 0 radical (unpaired) electrons. The van der Waals surface area contributed by atoms with Crippen molar-refractivity contribution in [2.24, 2.45) is 4.99 Å². The van der Waals surface area contributed by atoms with Gasteiger partial charge in [0.25, 0.3) is 0 Å². The number of benzene rings is 1. The Labute approximate surface area is 195 Å². The van der Waals surface area contributed by atoms with E-state index in [1.807, 2.05) is 25.1 Å². The van der Waals surface area contributed by atoms with E-state index >= 15 is 0 Å². The number of halogens is 2. The van der Waals surface area contributed by atoms with Crippen molar-refractivity contribution in [3.63, 3.8) is 0 Å². The van der Waals surface area contributed by atoms with Crippen LogP contribution in [0.2, 0.25) is 5.02 Å². The molecule has 0 amide bonds. The van der Waals surface area contributed by atoms with E-state index < -0.39 is 0 Å². The molecule has 0 aliphatic carbocycles. The molecule has 1 atom stereocenters. The minimum absolute atomic E-state index is 0. The Morgan fingerprint density at radius 2 is 1.93 bits per heavy atom. The van der Waals surface area contributed by atoms with Gasteiger partial charge in [-0.2, -0.15) is 4.98 Å². The van der Waals surface area contributed by atoms with Crippen LogP contribution in [0.3, 0.4) is 0 Å². The van der Waals surface area contributed by atoms with Crippen molar-refractivity contribution in [1.82, 2.24) is 25.7 Å². The molecule has 7 nitrogen and oxygen atoms in total. The summed E-state index contributed by atoms with van der Waals surface area (Å²) < 4.78 is 5.15. The van der Waals surface area contributed by atoms with Crippen LogP contribution < -0.4 is 10.6 Å². The smallest absolute Gasteiger partial charge is 0.228 e. The fourth-order valence-corrected chi connectivity index (χ4v) is 3.33. The number of aromatic nitrogens is 2. The Morgan fingerprint density at radius 1 is 1.21 bits per heavy atom. The van der Waals surface area contributed by atoms with Crippen LogP contribution >= 0.6 is 35.6 Å². The molecule has 29 heavy (non-hydrogen) atoms. The molecule has 1 aromatic heterocycles. The largest absolute Gasteiger partial charge is 0.357 e. The lowest BCUT2D eigenvalue weighted by atomic mass is 10.1. The highest BCUT2D eigenvalue weighted by atomic mass is 127. The molecule has 2 aromatic rings. The van der Waals surface area contributed by atoms with E-state index in [9.17, 15) is 0 Å². The predicted molar refractivity (Wildman–Crippen MR) is 129 cm³/mol. The lowest BCUT2D eigenvalue weighted by Crippen LogP contribution is -2.39. The van der Waals surface area contributed by atoms with Crippen LogP contribution in [0.4, 0.5) is 0 Å². The Kier molecular flexibility index (Phi) is 12.2. The zero-order chi connectivity index (χ0) is 20.4. The maximum absolute atomic E-state index is 6.48. The van der Waals surface area contributed by atoms with E-state index in [0.29, 0.717) is 31.2 Å². The lowest BCUT2D eigenvalue weighted by Gasteiger charge is -2.29. The van der Waals surface area contributed by atoms with Crippen molar-refractivity contribution >= 4 is 41.5 Å². The van der Waals surface area contributed by atoms with Gasteiger partial charge in [-0.3, -0.25) is 9.89 Å². The van der Waals surface area contributed by atoms with Gasteiger partial charge >= 0.3 is 0 Å². The van der Waals surface area contributed by atoms with E-state index in [0.717, 1.165) is 36.2 Å². The first-order chi connectivity index (χ1) is 13.6. The molecule has 1 aromatic carbocycles. The van der Waals surface area contributed by atoms with Gasteiger partial charge in [0, 0.05) is 24.5 Å². The molecule has 0 fully saturated rings. The van der Waals surface area contributed by atoms with Gasteiger partial charge < -0.3 is 15.2 Å². The number of likely N-dealkylation sites (N-methyl/N-ethyl adjacent to an activating group) is 1. The average molecular weight is 535 g/mol. The standard InChI is InChI=1S/C20H31ClN6O.HI/c1-5-22-20(23-13-12-19-25-15(4)26-28-19)24-14-18(27(6-2)7-3)16-10-8-9-11-17(16)21;/h8-11,18H,5-7,12-14H2,1-4H3,(H2,22,23,24);1H. The van der Waals surface area contributed by atoms with Crippen molar-refractivity contribution in [2.75, 3.05) is 32.7 Å². The van der Waals surface area contributed by atoms with Crippen molar-refractivity contribution in [3.8, 4) is 0 Å². The molecule has 2 rings (SSSR count). The molecular weight excluding hydrogens is 503 g/mol. The summed E-state index contributed by atoms with van der Waals surface area (Å²) in [5.74, 6) is 2.04. The van der Waals surface area contributed by atoms with Gasteiger partial charge in [0.15, 0.2) is 11.8 Å². The van der Waals surface area contributed by atoms with Crippen molar-refractivity contribution in [2.45, 2.75) is 40.2 Å². The molecule has 0 aliphatic rings. The number of aryl methyl sites for hydroxylation is 1. The van der Waals surface area contributed by atoms with E-state index in [1.165, 1.54) is 0 Å². The Bertz CT molecular complexity index is 750. The highest BCUT2D eigenvalue weighted by molar-refractivity contribution is 14.0. The van der Waals surface area contributed by atoms with Gasteiger partial charge in [0.05, 0.1) is 12.6 Å². The summed E-state index contributed by atoms with van der Waals surface area (Å²) in [6, 6.07) is 8.13. The molecule has 1 heterocycles. The summed E-state index contributed by atoms with van der Waals surface area (Å²) in [6.07, 6.45) is 0.648. The lowest BCUT2D eigenvalue weighted by molar-refractivity contribution is 0.224. The highest BCUT2D eigenvalue weighted by Gasteiger charge is 2.20. The monoisotopic (exact) mass is 534 g/mol. The molecule has 0 spiro atoms. The van der Waals surface area contributed by atoms with Crippen molar-refractivity contribution < 1.29 is 4.52 Å². The molecule has 2 N–H and O–H groups in total. The van der Waals surface area contributed by atoms with Gasteiger partial charge in [-0.15, -0.1) is 24.0 Å². The van der Waals surface area contributed by atoms with Crippen LogP contribution in [0.15, 0.2) is 33.8 Å². The summed E-state index contributed by atoms with van der Waals surface area (Å²) in [7, 11) is 0. The number of hydrogen-bond donors (Lipinski definition) is 2. The number of rotatable bonds is 10. The molecular formula is C20H32ClIN6O. The Balaban J connectivity index is 0.00000420. The number of nitrogens with zero attached hydrogens (tertiary/aromatic N) is 4. The first kappa shape index (κ1) is 25.6. The third-order valence-electron chi connectivity index (χ3n) is 4.48. The quantitative estimate of drug-likeness (QED) is 0.274. The maximum Gasteiger partial charge on any atom is 0.228 e. The molecule has 0 aliphatic heterocycles. The molecule has 0 saturated heterocycles. The fraction of sp³-hybridized carbons (Fsp3) is 0.550. The van der Waals surface area contributed by atoms with Crippen LogP contribution in [0, 0.1) is 6.92 Å². The van der Waals surface area contributed by atoms with Gasteiger partial charge in [-0.05, 0) is 38.6 Å². The first-order valence-corrected chi connectivity index (χ1v) is 10.3. The number of nitrogens with one attached hydrogen (secondary N) is 2. The van der Waals surface area contributed by atoms with Gasteiger partial charge in [-0.25, -0.2) is 0 Å². The summed E-state index contributed by atoms with van der Waals surface area (Å²) in [5, 5.41) is 11.2. The third-order valence-corrected chi connectivity index (χ3v) is 4.83. The minimum atomic E-state index is 0. The third kappa shape index (κ3) is 8.10. The number of aliphatic imine (C=N–C) groups is 1. The van der Waals surface area contributed by atoms with Crippen LogP contribution in [-0.4, -0.2) is 53.7 Å². The zero-order valence-electron chi connectivity index (χ0n) is 17.6. The van der Waals surface area contributed by atoms with E-state index in [2.05, 4.69) is 52.5 Å². The zero-order valence-corrected chi connectivity index (χ0v) is 20.7. The van der Waals surface area contributed by atoms with Gasteiger partial charge in [0.1, 0.15) is 0 Å². The Morgan fingerprint density at radius 3 is 2.52 bits per heavy atom. The van der Waals surface area contributed by atoms with Crippen LogP contribution in [0.1, 0.15) is 44.1 Å². The van der Waals surface area contributed by atoms with Crippen LogP contribution in [0.25, 0.3) is 0 Å². The second kappa shape index (κ2) is 13.8. The maximum atomic E-state index is 6.48. The second-order valence-corrected chi connectivity index (χ2v) is 6.80. The number of guanidine groups is 1. The summed E-state index contributed by atoms with van der Waals surface area (Å²) in [6.45, 7) is 12.1. The topological polar surface area (TPSA) is 78.6 Å². The van der Waals surface area contributed by atoms with E-state index in [1.54, 1.807) is 0 Å². The summed E-state index contributed by atoms with van der Waals surface area (Å²) in [5.41, 5.74) is 1.11. The molecule has 9 heteroatoms. The summed E-state index contributed by atoms with van der Waals surface area (Å²) in [4.78, 5) is 11.4. The average Bonchev–Trinajstić information content (AvgIpc) is 3.11. The SMILES string of the molecule is CCNC(=NCC(c1ccccc1Cl)N(CC)CC)NCCc1nc(C)no1.I. The number of hydrogen-bond acceptors (Lipinski definition) is 5. The minimum Gasteiger partial charge on any atom is -0.357 e. The second-order valence-electron chi connectivity index (χ2n) is 6.39. The highest BCUT2D eigenvalue weighted by Crippen LogP contribution is 2.27. The van der Waals surface area contributed by atoms with E-state index in [4.69, 9.17) is 21.1 Å². The van der Waals surface area contributed by atoms with Crippen LogP contribution in [0.5, 0.6) is 0 Å². The predicted octanol–water partition coefficient (Wildman–Crippen LogP) is 3.83. The Hall–Kier alpha value is -1.39. The van der Waals surface area contributed by atoms with E-state index in [-0.39, 0.29) is 30.0 Å². The molecule has 0 saturated carbocycles. The van der Waals surface area contributed by atoms with Crippen LogP contribution in [-0.2, 0) is 6.42 Å². The normalized spacial score (nSPS) is 12.6. The van der Waals surface area contributed by atoms with Crippen molar-refractivity contribution in [3.05, 3.63) is 46.6 Å². The van der Waals surface area contributed by atoms with Crippen molar-refractivity contribution in [1.29, 1.82) is 0 Å². The fourth-order valence-electron chi connectivity index (χ4n) is 3.07. The molecule has 0 bridgehead atoms. The first-order valence-electron chi connectivity index (χ1n) is 9.88.